The second-order valence-electron chi connectivity index (χ2n) is 4.45. The van der Waals surface area contributed by atoms with Crippen LogP contribution in [0.3, 0.4) is 0 Å². The van der Waals surface area contributed by atoms with Crippen molar-refractivity contribution in [2.75, 3.05) is 13.2 Å². The fourth-order valence-corrected chi connectivity index (χ4v) is 1.76. The molecule has 1 aromatic carbocycles. The van der Waals surface area contributed by atoms with Gasteiger partial charge in [0.05, 0.1) is 12.6 Å². The lowest BCUT2D eigenvalue weighted by Gasteiger charge is -2.17. The van der Waals surface area contributed by atoms with Gasteiger partial charge >= 0.3 is 6.03 Å². The molecule has 0 aliphatic heterocycles. The van der Waals surface area contributed by atoms with Gasteiger partial charge in [0.15, 0.2) is 0 Å². The van der Waals surface area contributed by atoms with E-state index in [1.54, 1.807) is 6.92 Å². The number of benzene rings is 1. The van der Waals surface area contributed by atoms with Crippen LogP contribution < -0.4 is 10.6 Å². The Hall–Kier alpha value is -1.55. The predicted octanol–water partition coefficient (Wildman–Crippen LogP) is 1.86. The maximum Gasteiger partial charge on any atom is 0.315 e. The number of urea groups is 1. The maximum atomic E-state index is 11.5. The quantitative estimate of drug-likeness (QED) is 0.721. The van der Waals surface area contributed by atoms with Gasteiger partial charge in [-0.15, -0.1) is 0 Å². The van der Waals surface area contributed by atoms with E-state index < -0.39 is 0 Å². The highest BCUT2D eigenvalue weighted by atomic mass is 16.3. The van der Waals surface area contributed by atoms with E-state index in [2.05, 4.69) is 29.7 Å². The summed E-state index contributed by atoms with van der Waals surface area (Å²) in [6, 6.07) is 9.69. The van der Waals surface area contributed by atoms with E-state index in [1.165, 1.54) is 5.56 Å². The van der Waals surface area contributed by atoms with Gasteiger partial charge in [-0.3, -0.25) is 0 Å². The van der Waals surface area contributed by atoms with Crippen molar-refractivity contribution in [3.05, 3.63) is 35.9 Å². The molecule has 2 amide bonds. The number of hydrogen-bond acceptors (Lipinski definition) is 2. The minimum absolute atomic E-state index is 0.0523. The Morgan fingerprint density at radius 3 is 2.56 bits per heavy atom. The Morgan fingerprint density at radius 2 is 2.00 bits per heavy atom. The first kappa shape index (κ1) is 14.5. The molecule has 18 heavy (non-hydrogen) atoms. The van der Waals surface area contributed by atoms with Gasteiger partial charge in [0, 0.05) is 12.5 Å². The van der Waals surface area contributed by atoms with Crippen LogP contribution >= 0.6 is 0 Å². The highest BCUT2D eigenvalue weighted by Crippen LogP contribution is 2.17. The van der Waals surface area contributed by atoms with Crippen LogP contribution in [0.5, 0.6) is 0 Å². The van der Waals surface area contributed by atoms with E-state index >= 15 is 0 Å². The molecule has 0 aliphatic carbocycles. The molecule has 0 radical (unpaired) electrons. The first-order valence-electron chi connectivity index (χ1n) is 6.37. The molecule has 0 spiro atoms. The standard InChI is InChI=1S/C14H22N2O2/c1-3-12(13-7-5-4-6-8-13)9-15-14(18)16-11(2)10-17/h4-8,11-12,17H,3,9-10H2,1-2H3,(H2,15,16,18). The summed E-state index contributed by atoms with van der Waals surface area (Å²) in [5.74, 6) is 0.321. The van der Waals surface area contributed by atoms with Crippen LogP contribution in [0.15, 0.2) is 30.3 Å². The second kappa shape index (κ2) is 7.71. The fraction of sp³-hybridized carbons (Fsp3) is 0.500. The fourth-order valence-electron chi connectivity index (χ4n) is 1.76. The van der Waals surface area contributed by atoms with Crippen molar-refractivity contribution in [3.63, 3.8) is 0 Å². The van der Waals surface area contributed by atoms with E-state index in [9.17, 15) is 4.79 Å². The minimum Gasteiger partial charge on any atom is -0.394 e. The number of carbonyl (C=O) groups excluding carboxylic acids is 1. The maximum absolute atomic E-state index is 11.5. The molecule has 0 aromatic heterocycles. The Bertz CT molecular complexity index is 354. The molecule has 0 bridgehead atoms. The average Bonchev–Trinajstić information content (AvgIpc) is 2.40. The Morgan fingerprint density at radius 1 is 1.33 bits per heavy atom. The lowest BCUT2D eigenvalue weighted by atomic mass is 9.97. The Kier molecular flexibility index (Phi) is 6.22. The molecule has 1 aromatic rings. The van der Waals surface area contributed by atoms with Crippen molar-refractivity contribution >= 4 is 6.03 Å². The summed E-state index contributed by atoms with van der Waals surface area (Å²) >= 11 is 0. The van der Waals surface area contributed by atoms with Crippen LogP contribution in [0.25, 0.3) is 0 Å². The Labute approximate surface area is 108 Å². The van der Waals surface area contributed by atoms with Crippen LogP contribution in [-0.4, -0.2) is 30.3 Å². The molecular formula is C14H22N2O2. The summed E-state index contributed by atoms with van der Waals surface area (Å²) in [5.41, 5.74) is 1.23. The second-order valence-corrected chi connectivity index (χ2v) is 4.45. The summed E-state index contributed by atoms with van der Waals surface area (Å²) in [7, 11) is 0. The molecule has 0 saturated carbocycles. The lowest BCUT2D eigenvalue weighted by molar-refractivity contribution is 0.220. The molecule has 100 valence electrons. The van der Waals surface area contributed by atoms with Crippen molar-refractivity contribution < 1.29 is 9.90 Å². The molecule has 4 nitrogen and oxygen atoms in total. The zero-order valence-electron chi connectivity index (χ0n) is 11.0. The minimum atomic E-state index is -0.231. The van der Waals surface area contributed by atoms with Crippen molar-refractivity contribution in [2.45, 2.75) is 32.2 Å². The van der Waals surface area contributed by atoms with Gasteiger partial charge in [-0.2, -0.15) is 0 Å². The number of carbonyl (C=O) groups is 1. The molecule has 0 saturated heterocycles. The SMILES string of the molecule is CCC(CNC(=O)NC(C)CO)c1ccccc1. The molecule has 0 heterocycles. The summed E-state index contributed by atoms with van der Waals surface area (Å²) in [6.45, 7) is 4.41. The largest absolute Gasteiger partial charge is 0.394 e. The van der Waals surface area contributed by atoms with Crippen LogP contribution in [0.1, 0.15) is 31.7 Å². The number of hydrogen-bond donors (Lipinski definition) is 3. The topological polar surface area (TPSA) is 61.4 Å². The van der Waals surface area contributed by atoms with Crippen LogP contribution in [0.2, 0.25) is 0 Å². The van der Waals surface area contributed by atoms with Gasteiger partial charge in [0.25, 0.3) is 0 Å². The van der Waals surface area contributed by atoms with E-state index in [4.69, 9.17) is 5.11 Å². The van der Waals surface area contributed by atoms with Crippen LogP contribution in [0, 0.1) is 0 Å². The van der Waals surface area contributed by atoms with Crippen molar-refractivity contribution in [3.8, 4) is 0 Å². The van der Waals surface area contributed by atoms with Crippen molar-refractivity contribution in [1.29, 1.82) is 0 Å². The monoisotopic (exact) mass is 250 g/mol. The summed E-state index contributed by atoms with van der Waals surface area (Å²) in [5, 5.41) is 14.3. The summed E-state index contributed by atoms with van der Waals surface area (Å²) in [6.07, 6.45) is 0.972. The molecule has 0 fully saturated rings. The molecule has 1 rings (SSSR count). The third-order valence-corrected chi connectivity index (χ3v) is 2.92. The van der Waals surface area contributed by atoms with E-state index in [0.29, 0.717) is 12.5 Å². The molecule has 4 heteroatoms. The predicted molar refractivity (Wildman–Crippen MR) is 72.6 cm³/mol. The van der Waals surface area contributed by atoms with E-state index in [0.717, 1.165) is 6.42 Å². The Balaban J connectivity index is 2.43. The first-order chi connectivity index (χ1) is 8.67. The summed E-state index contributed by atoms with van der Waals surface area (Å²) < 4.78 is 0. The molecule has 2 atom stereocenters. The van der Waals surface area contributed by atoms with Gasteiger partial charge in [0.1, 0.15) is 0 Å². The van der Waals surface area contributed by atoms with Gasteiger partial charge < -0.3 is 15.7 Å². The number of rotatable bonds is 6. The van der Waals surface area contributed by atoms with Gasteiger partial charge in [0.2, 0.25) is 0 Å². The third-order valence-electron chi connectivity index (χ3n) is 2.92. The van der Waals surface area contributed by atoms with Crippen molar-refractivity contribution in [1.82, 2.24) is 10.6 Å². The number of aliphatic hydroxyl groups is 1. The number of nitrogens with one attached hydrogen (secondary N) is 2. The van der Waals surface area contributed by atoms with Crippen LogP contribution in [0.4, 0.5) is 4.79 Å². The van der Waals surface area contributed by atoms with Gasteiger partial charge in [-0.1, -0.05) is 37.3 Å². The third kappa shape index (κ3) is 4.75. The summed E-state index contributed by atoms with van der Waals surface area (Å²) in [4.78, 5) is 11.5. The first-order valence-corrected chi connectivity index (χ1v) is 6.37. The smallest absolute Gasteiger partial charge is 0.315 e. The average molecular weight is 250 g/mol. The number of aliphatic hydroxyl groups excluding tert-OH is 1. The highest BCUT2D eigenvalue weighted by molar-refractivity contribution is 5.74. The molecule has 0 aliphatic rings. The van der Waals surface area contributed by atoms with E-state index in [-0.39, 0.29) is 18.7 Å². The highest BCUT2D eigenvalue weighted by Gasteiger charge is 2.11. The molecule has 2 unspecified atom stereocenters. The molecule has 3 N–H and O–H groups in total. The van der Waals surface area contributed by atoms with Gasteiger partial charge in [-0.25, -0.2) is 4.79 Å². The van der Waals surface area contributed by atoms with Crippen LogP contribution in [-0.2, 0) is 0 Å². The van der Waals surface area contributed by atoms with E-state index in [1.807, 2.05) is 18.2 Å². The molecular weight excluding hydrogens is 228 g/mol. The zero-order chi connectivity index (χ0) is 13.4. The zero-order valence-corrected chi connectivity index (χ0v) is 11.0. The number of amides is 2. The lowest BCUT2D eigenvalue weighted by Crippen LogP contribution is -2.43. The van der Waals surface area contributed by atoms with Gasteiger partial charge in [-0.05, 0) is 18.9 Å². The normalized spacial score (nSPS) is 13.7. The van der Waals surface area contributed by atoms with Crippen molar-refractivity contribution in [2.24, 2.45) is 0 Å².